The van der Waals surface area contributed by atoms with Crippen molar-refractivity contribution in [3.05, 3.63) is 47.8 Å². The van der Waals surface area contributed by atoms with Crippen molar-refractivity contribution in [1.29, 1.82) is 0 Å². The molecule has 0 aliphatic carbocycles. The summed E-state index contributed by atoms with van der Waals surface area (Å²) in [5.41, 5.74) is 1.12. The van der Waals surface area contributed by atoms with Crippen molar-refractivity contribution in [3.63, 3.8) is 0 Å². The number of benzene rings is 1. The van der Waals surface area contributed by atoms with E-state index >= 15 is 0 Å². The number of nitrogens with zero attached hydrogens (tertiary/aromatic N) is 1. The third kappa shape index (κ3) is 5.00. The van der Waals surface area contributed by atoms with Gasteiger partial charge in [-0.25, -0.2) is 4.39 Å². The van der Waals surface area contributed by atoms with Crippen molar-refractivity contribution in [2.75, 3.05) is 19.3 Å². The fourth-order valence-corrected chi connectivity index (χ4v) is 1.44. The maximum Gasteiger partial charge on any atom is 0.123 e. The Bertz CT molecular complexity index is 308. The Morgan fingerprint density at radius 3 is 2.53 bits per heavy atom. The van der Waals surface area contributed by atoms with Crippen LogP contribution < -0.4 is 0 Å². The second-order valence-corrected chi connectivity index (χ2v) is 3.84. The zero-order chi connectivity index (χ0) is 11.1. The summed E-state index contributed by atoms with van der Waals surface area (Å²) in [6.07, 6.45) is 4.10. The zero-order valence-electron chi connectivity index (χ0n) is 8.86. The first kappa shape index (κ1) is 12.3. The van der Waals surface area contributed by atoms with Crippen molar-refractivity contribution in [2.45, 2.75) is 6.54 Å². The molecule has 0 aliphatic heterocycles. The Labute approximate surface area is 96.0 Å². The summed E-state index contributed by atoms with van der Waals surface area (Å²) in [6.45, 7) is 1.72. The summed E-state index contributed by atoms with van der Waals surface area (Å²) in [7, 11) is 2.03. The van der Waals surface area contributed by atoms with Gasteiger partial charge in [0, 0.05) is 18.8 Å². The summed E-state index contributed by atoms with van der Waals surface area (Å²) in [5.74, 6) is 0.584. The molecule has 3 heteroatoms. The predicted molar refractivity (Wildman–Crippen MR) is 65.7 cm³/mol. The van der Waals surface area contributed by atoms with E-state index in [0.29, 0.717) is 0 Å². The molecule has 0 spiro atoms. The molecular weight excluding hydrogens is 209 g/mol. The third-order valence-electron chi connectivity index (χ3n) is 2.05. The van der Waals surface area contributed by atoms with E-state index in [-0.39, 0.29) is 5.82 Å². The van der Waals surface area contributed by atoms with Crippen LogP contribution in [0.4, 0.5) is 4.39 Å². The Hall–Kier alpha value is -0.800. The smallest absolute Gasteiger partial charge is 0.123 e. The molecule has 0 aromatic heterocycles. The molecule has 0 heterocycles. The van der Waals surface area contributed by atoms with E-state index in [2.05, 4.69) is 23.6 Å². The first-order valence-electron chi connectivity index (χ1n) is 4.91. The highest BCUT2D eigenvalue weighted by Gasteiger charge is 1.98. The number of hydrogen-bond acceptors (Lipinski definition) is 2. The molecule has 15 heavy (non-hydrogen) atoms. The SMILES string of the molecule is CN(CC=CCS)Cc1ccc(F)cc1. The van der Waals surface area contributed by atoms with Gasteiger partial charge in [-0.05, 0) is 24.7 Å². The second-order valence-electron chi connectivity index (χ2n) is 3.48. The molecule has 0 bridgehead atoms. The number of thiol groups is 1. The molecule has 82 valence electrons. The molecule has 0 N–H and O–H groups in total. The molecule has 1 nitrogen and oxygen atoms in total. The van der Waals surface area contributed by atoms with Crippen LogP contribution in [-0.2, 0) is 6.54 Å². The van der Waals surface area contributed by atoms with Gasteiger partial charge in [-0.15, -0.1) is 0 Å². The summed E-state index contributed by atoms with van der Waals surface area (Å²) in [4.78, 5) is 2.16. The van der Waals surface area contributed by atoms with Crippen molar-refractivity contribution in [1.82, 2.24) is 4.90 Å². The quantitative estimate of drug-likeness (QED) is 0.595. The van der Waals surface area contributed by atoms with Crippen LogP contribution in [0.5, 0.6) is 0 Å². The minimum Gasteiger partial charge on any atom is -0.298 e. The molecule has 0 saturated carbocycles. The van der Waals surface area contributed by atoms with Crippen LogP contribution in [0.2, 0.25) is 0 Å². The van der Waals surface area contributed by atoms with Gasteiger partial charge in [0.25, 0.3) is 0 Å². The first-order valence-corrected chi connectivity index (χ1v) is 5.54. The topological polar surface area (TPSA) is 3.24 Å². The Balaban J connectivity index is 2.40. The van der Waals surface area contributed by atoms with E-state index in [1.807, 2.05) is 25.3 Å². The van der Waals surface area contributed by atoms with E-state index in [0.717, 1.165) is 24.4 Å². The molecule has 0 amide bonds. The van der Waals surface area contributed by atoms with Crippen LogP contribution in [0.15, 0.2) is 36.4 Å². The largest absolute Gasteiger partial charge is 0.298 e. The summed E-state index contributed by atoms with van der Waals surface area (Å²) in [5, 5.41) is 0. The van der Waals surface area contributed by atoms with Crippen LogP contribution in [0, 0.1) is 5.82 Å². The monoisotopic (exact) mass is 225 g/mol. The lowest BCUT2D eigenvalue weighted by molar-refractivity contribution is 0.363. The first-order chi connectivity index (χ1) is 7.22. The lowest BCUT2D eigenvalue weighted by Gasteiger charge is -2.14. The molecule has 0 atom stereocenters. The van der Waals surface area contributed by atoms with E-state index in [4.69, 9.17) is 0 Å². The van der Waals surface area contributed by atoms with Gasteiger partial charge in [-0.2, -0.15) is 12.6 Å². The lowest BCUT2D eigenvalue weighted by Crippen LogP contribution is -2.17. The molecule has 1 rings (SSSR count). The van der Waals surface area contributed by atoms with Gasteiger partial charge < -0.3 is 0 Å². The van der Waals surface area contributed by atoms with Gasteiger partial charge in [-0.3, -0.25) is 4.90 Å². The van der Waals surface area contributed by atoms with E-state index in [9.17, 15) is 4.39 Å². The number of rotatable bonds is 5. The summed E-state index contributed by atoms with van der Waals surface area (Å²) < 4.78 is 12.6. The second kappa shape index (κ2) is 6.64. The molecule has 0 saturated heterocycles. The van der Waals surface area contributed by atoms with Crippen molar-refractivity contribution < 1.29 is 4.39 Å². The van der Waals surface area contributed by atoms with E-state index in [1.54, 1.807) is 0 Å². The van der Waals surface area contributed by atoms with Crippen molar-refractivity contribution in [2.24, 2.45) is 0 Å². The summed E-state index contributed by atoms with van der Waals surface area (Å²) in [6, 6.07) is 6.61. The highest BCUT2D eigenvalue weighted by molar-refractivity contribution is 7.80. The Morgan fingerprint density at radius 2 is 1.93 bits per heavy atom. The minimum atomic E-state index is -0.184. The molecule has 0 unspecified atom stereocenters. The van der Waals surface area contributed by atoms with Crippen LogP contribution in [0.1, 0.15) is 5.56 Å². The fraction of sp³-hybridized carbons (Fsp3) is 0.333. The lowest BCUT2D eigenvalue weighted by atomic mass is 10.2. The van der Waals surface area contributed by atoms with Gasteiger partial charge in [0.05, 0.1) is 0 Å². The molecule has 0 fully saturated rings. The maximum atomic E-state index is 12.6. The predicted octanol–water partition coefficient (Wildman–Crippen LogP) is 2.74. The molecule has 0 aliphatic rings. The molecule has 1 aromatic carbocycles. The average Bonchev–Trinajstić information content (AvgIpc) is 2.22. The van der Waals surface area contributed by atoms with Crippen LogP contribution in [0.3, 0.4) is 0 Å². The van der Waals surface area contributed by atoms with Crippen LogP contribution >= 0.6 is 12.6 Å². The maximum absolute atomic E-state index is 12.6. The van der Waals surface area contributed by atoms with E-state index in [1.165, 1.54) is 12.1 Å². The van der Waals surface area contributed by atoms with Gasteiger partial charge >= 0.3 is 0 Å². The minimum absolute atomic E-state index is 0.184. The molecule has 1 aromatic rings. The number of hydrogen-bond donors (Lipinski definition) is 1. The number of likely N-dealkylation sites (N-methyl/N-ethyl adjacent to an activating group) is 1. The number of halogens is 1. The van der Waals surface area contributed by atoms with Crippen molar-refractivity contribution >= 4 is 12.6 Å². The summed E-state index contributed by atoms with van der Waals surface area (Å²) >= 11 is 4.09. The third-order valence-corrected chi connectivity index (χ3v) is 2.27. The highest BCUT2D eigenvalue weighted by atomic mass is 32.1. The standard InChI is InChI=1S/C12H16FNS/c1-14(8-2-3-9-15)10-11-4-6-12(13)7-5-11/h2-7,15H,8-10H2,1H3. The van der Waals surface area contributed by atoms with Gasteiger partial charge in [-0.1, -0.05) is 24.3 Å². The van der Waals surface area contributed by atoms with Crippen LogP contribution in [-0.4, -0.2) is 24.2 Å². The van der Waals surface area contributed by atoms with Gasteiger partial charge in [0.15, 0.2) is 0 Å². The normalized spacial score (nSPS) is 11.5. The van der Waals surface area contributed by atoms with E-state index < -0.39 is 0 Å². The Morgan fingerprint density at radius 1 is 1.27 bits per heavy atom. The zero-order valence-corrected chi connectivity index (χ0v) is 9.75. The van der Waals surface area contributed by atoms with Crippen molar-refractivity contribution in [3.8, 4) is 0 Å². The van der Waals surface area contributed by atoms with Crippen LogP contribution in [0.25, 0.3) is 0 Å². The van der Waals surface area contributed by atoms with Gasteiger partial charge in [0.1, 0.15) is 5.82 Å². The molecule has 0 radical (unpaired) electrons. The highest BCUT2D eigenvalue weighted by Crippen LogP contribution is 2.05. The average molecular weight is 225 g/mol. The fourth-order valence-electron chi connectivity index (χ4n) is 1.30. The molecular formula is C12H16FNS. The Kier molecular flexibility index (Phi) is 5.43. The van der Waals surface area contributed by atoms with Gasteiger partial charge in [0.2, 0.25) is 0 Å².